The summed E-state index contributed by atoms with van der Waals surface area (Å²) in [6.45, 7) is -3.17. The highest BCUT2D eigenvalue weighted by Crippen LogP contribution is 2.68. The largest absolute Gasteiger partial charge is 0.477 e. The van der Waals surface area contributed by atoms with E-state index in [1.54, 1.807) is 0 Å². The molecule has 0 aromatic carbocycles. The standard InChI is InChI=1S/C19H15F25N2O4S/c1-46(2,6-7(47)48)5-3-4-45-51(49,50)19(43,44)17(38,39)15(34,35)13(30,31)11(26,27)9(22,23)8(20,21)10(24,25)12(28,29)14(32,33)16(36,37)18(40,41)42/h45H,3-6H2,1-2H3/p+1. The van der Waals surface area contributed by atoms with E-state index in [0.29, 0.717) is 0 Å². The van der Waals surface area contributed by atoms with Crippen LogP contribution in [0.25, 0.3) is 0 Å². The molecule has 0 saturated carbocycles. The number of halogens is 25. The van der Waals surface area contributed by atoms with Crippen LogP contribution in [0.5, 0.6) is 0 Å². The molecule has 32 heteroatoms. The fourth-order valence-corrected chi connectivity index (χ4v) is 4.42. The maximum Gasteiger partial charge on any atom is 0.460 e. The van der Waals surface area contributed by atoms with Crippen molar-refractivity contribution in [2.45, 2.75) is 77.1 Å². The van der Waals surface area contributed by atoms with Gasteiger partial charge in [-0.05, 0) is 0 Å². The Bertz CT molecular complexity index is 1390. The predicted octanol–water partition coefficient (Wildman–Crippen LogP) is 6.97. The van der Waals surface area contributed by atoms with Gasteiger partial charge in [0.1, 0.15) is 0 Å². The average molecular weight is 843 g/mol. The van der Waals surface area contributed by atoms with Crippen LogP contribution in [0.4, 0.5) is 110 Å². The molecule has 0 saturated heterocycles. The fraction of sp³-hybridized carbons (Fsp3) is 0.947. The number of hydrogen-bond donors (Lipinski definition) is 2. The van der Waals surface area contributed by atoms with E-state index in [0.717, 1.165) is 14.1 Å². The van der Waals surface area contributed by atoms with E-state index in [9.17, 15) is 123 Å². The van der Waals surface area contributed by atoms with E-state index in [1.165, 1.54) is 0 Å². The zero-order valence-corrected chi connectivity index (χ0v) is 24.6. The van der Waals surface area contributed by atoms with Crippen molar-refractivity contribution in [3.63, 3.8) is 0 Å². The number of sulfonamides is 1. The lowest BCUT2D eigenvalue weighted by atomic mass is 9.85. The zero-order valence-electron chi connectivity index (χ0n) is 23.8. The van der Waals surface area contributed by atoms with E-state index in [-0.39, 0.29) is 4.72 Å². The summed E-state index contributed by atoms with van der Waals surface area (Å²) in [7, 11) is -5.67. The third kappa shape index (κ3) is 6.92. The molecule has 0 atom stereocenters. The Morgan fingerprint density at radius 3 is 1.02 bits per heavy atom. The summed E-state index contributed by atoms with van der Waals surface area (Å²) in [5.74, 6) is -95.5. The van der Waals surface area contributed by atoms with Gasteiger partial charge < -0.3 is 9.59 Å². The van der Waals surface area contributed by atoms with E-state index in [1.807, 2.05) is 0 Å². The minimum atomic E-state index is -9.77. The first kappa shape index (κ1) is 48.6. The number of hydrogen-bond acceptors (Lipinski definition) is 3. The lowest BCUT2D eigenvalue weighted by Gasteiger charge is -2.45. The van der Waals surface area contributed by atoms with Crippen molar-refractivity contribution in [1.29, 1.82) is 0 Å². The summed E-state index contributed by atoms with van der Waals surface area (Å²) in [5.41, 5.74) is 0. The number of carbonyl (C=O) groups is 1. The molecule has 0 aromatic rings. The summed E-state index contributed by atoms with van der Waals surface area (Å²) in [6, 6.07) is 0. The summed E-state index contributed by atoms with van der Waals surface area (Å²) in [5, 5.41) is 0.634. The molecular formula is C19H16F25N2O4S+. The minimum Gasteiger partial charge on any atom is -0.477 e. The summed E-state index contributed by atoms with van der Waals surface area (Å²) in [6.07, 6.45) is -9.20. The van der Waals surface area contributed by atoms with E-state index < -0.39 is 117 Å². The maximum atomic E-state index is 14.1. The molecular weight excluding hydrogens is 827 g/mol. The Labute approximate surface area is 265 Å². The molecule has 0 bridgehead atoms. The van der Waals surface area contributed by atoms with Gasteiger partial charge in [0.2, 0.25) is 0 Å². The number of aliphatic carboxylic acids is 1. The highest BCUT2D eigenvalue weighted by atomic mass is 32.2. The number of alkyl halides is 25. The van der Waals surface area contributed by atoms with Crippen molar-refractivity contribution < 1.29 is 133 Å². The van der Waals surface area contributed by atoms with Gasteiger partial charge in [0, 0.05) is 13.0 Å². The normalized spacial score (nSPS) is 16.5. The smallest absolute Gasteiger partial charge is 0.460 e. The van der Waals surface area contributed by atoms with Gasteiger partial charge in [-0.2, -0.15) is 110 Å². The maximum absolute atomic E-state index is 14.1. The van der Waals surface area contributed by atoms with Crippen LogP contribution in [0.15, 0.2) is 0 Å². The molecule has 0 fully saturated rings. The Morgan fingerprint density at radius 1 is 0.510 bits per heavy atom. The van der Waals surface area contributed by atoms with Gasteiger partial charge in [-0.3, -0.25) is 0 Å². The van der Waals surface area contributed by atoms with Crippen LogP contribution in [0.3, 0.4) is 0 Å². The van der Waals surface area contributed by atoms with Crippen LogP contribution in [0.2, 0.25) is 0 Å². The highest BCUT2D eigenvalue weighted by Gasteiger charge is 3.00. The topological polar surface area (TPSA) is 83.5 Å². The van der Waals surface area contributed by atoms with Crippen LogP contribution in [0.1, 0.15) is 6.42 Å². The van der Waals surface area contributed by atoms with Crippen molar-refractivity contribution in [2.75, 3.05) is 33.7 Å². The molecule has 306 valence electrons. The number of nitrogens with zero attached hydrogens (tertiary/aromatic N) is 1. The Kier molecular flexibility index (Phi) is 12.3. The van der Waals surface area contributed by atoms with Crippen LogP contribution in [0, 0.1) is 0 Å². The number of carboxylic acids is 1. The number of quaternary nitrogens is 1. The van der Waals surface area contributed by atoms with Crippen LogP contribution in [-0.4, -0.2) is 128 Å². The first-order valence-electron chi connectivity index (χ1n) is 11.9. The van der Waals surface area contributed by atoms with Gasteiger partial charge in [0.25, 0.3) is 10.0 Å². The van der Waals surface area contributed by atoms with Crippen molar-refractivity contribution in [2.24, 2.45) is 0 Å². The second-order valence-corrected chi connectivity index (χ2v) is 12.5. The van der Waals surface area contributed by atoms with Crippen molar-refractivity contribution in [1.82, 2.24) is 4.72 Å². The van der Waals surface area contributed by atoms with Gasteiger partial charge >= 0.3 is 76.6 Å². The summed E-state index contributed by atoms with van der Waals surface area (Å²) < 4.78 is 361. The van der Waals surface area contributed by atoms with Crippen molar-refractivity contribution in [3.05, 3.63) is 0 Å². The lowest BCUT2D eigenvalue weighted by molar-refractivity contribution is -0.883. The van der Waals surface area contributed by atoms with Gasteiger partial charge in [0.05, 0.1) is 20.6 Å². The third-order valence-corrected chi connectivity index (χ3v) is 7.92. The highest BCUT2D eigenvalue weighted by molar-refractivity contribution is 7.90. The molecule has 0 radical (unpaired) electrons. The van der Waals surface area contributed by atoms with E-state index in [4.69, 9.17) is 5.11 Å². The molecule has 0 aliphatic heterocycles. The molecule has 0 aliphatic rings. The van der Waals surface area contributed by atoms with Crippen LogP contribution < -0.4 is 4.72 Å². The summed E-state index contributed by atoms with van der Waals surface area (Å²) in [4.78, 5) is 10.7. The molecule has 0 unspecified atom stereocenters. The molecule has 0 rings (SSSR count). The summed E-state index contributed by atoms with van der Waals surface area (Å²) >= 11 is 0. The molecule has 0 aromatic heterocycles. The van der Waals surface area contributed by atoms with E-state index >= 15 is 0 Å². The van der Waals surface area contributed by atoms with Crippen LogP contribution in [-0.2, 0) is 14.8 Å². The molecule has 6 nitrogen and oxygen atoms in total. The predicted molar refractivity (Wildman–Crippen MR) is 111 cm³/mol. The first-order chi connectivity index (χ1) is 21.6. The van der Waals surface area contributed by atoms with E-state index in [2.05, 4.69) is 0 Å². The second-order valence-electron chi connectivity index (χ2n) is 10.7. The fourth-order valence-electron chi connectivity index (χ4n) is 3.36. The van der Waals surface area contributed by atoms with Crippen LogP contribution >= 0.6 is 0 Å². The van der Waals surface area contributed by atoms with Gasteiger partial charge in [-0.25, -0.2) is 17.9 Å². The Morgan fingerprint density at radius 2 is 0.765 bits per heavy atom. The molecule has 51 heavy (non-hydrogen) atoms. The molecule has 0 heterocycles. The molecule has 0 aliphatic carbocycles. The number of rotatable bonds is 18. The zero-order chi connectivity index (χ0) is 42.1. The quantitative estimate of drug-likeness (QED) is 0.0889. The first-order valence-corrected chi connectivity index (χ1v) is 13.4. The SMILES string of the molecule is C[N+](C)(CCCNS(=O)(=O)C(F)(F)C(F)(F)C(F)(F)C(F)(F)C(F)(F)C(F)(F)C(F)(F)C(F)(F)C(F)(F)C(F)(F)C(F)(F)C(F)(F)F)CC(=O)O. The number of carboxylic acid groups (broad SMARTS) is 1. The van der Waals surface area contributed by atoms with Crippen molar-refractivity contribution >= 4 is 16.0 Å². The Balaban J connectivity index is 7.07. The van der Waals surface area contributed by atoms with Gasteiger partial charge in [0.15, 0.2) is 6.54 Å². The minimum absolute atomic E-state index is 0.277. The molecule has 0 spiro atoms. The van der Waals surface area contributed by atoms with Gasteiger partial charge in [-0.15, -0.1) is 0 Å². The third-order valence-electron chi connectivity index (χ3n) is 6.40. The molecule has 2 N–H and O–H groups in total. The average Bonchev–Trinajstić information content (AvgIpc) is 2.88. The number of nitrogens with one attached hydrogen (secondary N) is 1. The second kappa shape index (κ2) is 12.9. The Hall–Kier alpha value is -2.41. The van der Waals surface area contributed by atoms with Gasteiger partial charge in [-0.1, -0.05) is 0 Å². The molecule has 0 amide bonds. The van der Waals surface area contributed by atoms with Crippen molar-refractivity contribution in [3.8, 4) is 0 Å². The monoisotopic (exact) mass is 843 g/mol. The number of likely N-dealkylation sites (N-methyl/N-ethyl adjacent to an activating group) is 1. The lowest BCUT2D eigenvalue weighted by Crippen LogP contribution is -2.78.